The summed E-state index contributed by atoms with van der Waals surface area (Å²) in [5.41, 5.74) is 0. The van der Waals surface area contributed by atoms with E-state index in [9.17, 15) is 16.8 Å². The van der Waals surface area contributed by atoms with E-state index in [1.54, 1.807) is 13.8 Å². The Morgan fingerprint density at radius 1 is 1.00 bits per heavy atom. The van der Waals surface area contributed by atoms with Gasteiger partial charge in [0.25, 0.3) is 0 Å². The van der Waals surface area contributed by atoms with Gasteiger partial charge in [0, 0.05) is 19.3 Å². The highest BCUT2D eigenvalue weighted by molar-refractivity contribution is 8.06. The van der Waals surface area contributed by atoms with Crippen LogP contribution in [0.4, 0.5) is 0 Å². The van der Waals surface area contributed by atoms with Crippen molar-refractivity contribution in [3.63, 3.8) is 0 Å². The third-order valence-corrected chi connectivity index (χ3v) is 5.67. The first kappa shape index (κ1) is 12.9. The van der Waals surface area contributed by atoms with Gasteiger partial charge in [-0.25, -0.2) is 21.1 Å². The minimum Gasteiger partial charge on any atom is -0.228 e. The zero-order valence-electron chi connectivity index (χ0n) is 8.02. The van der Waals surface area contributed by atoms with Crippen LogP contribution in [0.5, 0.6) is 0 Å². The van der Waals surface area contributed by atoms with Crippen molar-refractivity contribution in [3.05, 3.63) is 0 Å². The van der Waals surface area contributed by atoms with E-state index in [0.29, 0.717) is 13.1 Å². The van der Waals surface area contributed by atoms with Crippen LogP contribution in [-0.2, 0) is 19.9 Å². The van der Waals surface area contributed by atoms with Crippen molar-refractivity contribution in [2.24, 2.45) is 0 Å². The predicted octanol–water partition coefficient (Wildman–Crippen LogP) is -0.340. The van der Waals surface area contributed by atoms with Crippen molar-refractivity contribution >= 4 is 19.9 Å². The van der Waals surface area contributed by atoms with E-state index >= 15 is 0 Å². The molecule has 0 aromatic heterocycles. The lowest BCUT2D eigenvalue weighted by Crippen LogP contribution is -2.34. The van der Waals surface area contributed by atoms with Crippen LogP contribution in [0, 0.1) is 0 Å². The maximum absolute atomic E-state index is 11.4. The Bertz CT molecular complexity index is 339. The van der Waals surface area contributed by atoms with Crippen molar-refractivity contribution in [2.75, 3.05) is 24.4 Å². The summed E-state index contributed by atoms with van der Waals surface area (Å²) in [5.74, 6) is 0. The topological polar surface area (TPSA) is 71.5 Å². The van der Waals surface area contributed by atoms with Crippen molar-refractivity contribution in [2.45, 2.75) is 13.8 Å². The van der Waals surface area contributed by atoms with Gasteiger partial charge in [0.05, 0.1) is 0 Å². The average molecular weight is 229 g/mol. The van der Waals surface area contributed by atoms with E-state index < -0.39 is 24.9 Å². The van der Waals surface area contributed by atoms with Crippen LogP contribution < -0.4 is 0 Å². The first-order valence-electron chi connectivity index (χ1n) is 3.88. The van der Waals surface area contributed by atoms with Crippen molar-refractivity contribution < 1.29 is 16.8 Å². The van der Waals surface area contributed by atoms with Gasteiger partial charge < -0.3 is 0 Å². The molecular formula is C6H15NO4S2. The lowest BCUT2D eigenvalue weighted by atomic mass is 10.7. The zero-order valence-corrected chi connectivity index (χ0v) is 9.65. The summed E-state index contributed by atoms with van der Waals surface area (Å²) in [6.07, 6.45) is 0.911. The summed E-state index contributed by atoms with van der Waals surface area (Å²) in [7, 11) is -7.11. The Morgan fingerprint density at radius 3 is 1.62 bits per heavy atom. The smallest absolute Gasteiger partial charge is 0.228 e. The lowest BCUT2D eigenvalue weighted by molar-refractivity contribution is 0.448. The van der Waals surface area contributed by atoms with Crippen LogP contribution >= 0.6 is 0 Å². The number of hydrogen-bond acceptors (Lipinski definition) is 4. The minimum atomic E-state index is -3.63. The first-order valence-corrected chi connectivity index (χ1v) is 7.55. The third-order valence-electron chi connectivity index (χ3n) is 1.46. The molecule has 7 heteroatoms. The fourth-order valence-electron chi connectivity index (χ4n) is 0.962. The Morgan fingerprint density at radius 2 is 1.38 bits per heavy atom. The molecule has 13 heavy (non-hydrogen) atoms. The Labute approximate surface area is 79.7 Å². The van der Waals surface area contributed by atoms with E-state index in [2.05, 4.69) is 0 Å². The van der Waals surface area contributed by atoms with Gasteiger partial charge in [-0.3, -0.25) is 0 Å². The Balaban J connectivity index is 4.78. The molecule has 80 valence electrons. The van der Waals surface area contributed by atoms with Gasteiger partial charge in [-0.05, 0) is 0 Å². The summed E-state index contributed by atoms with van der Waals surface area (Å²) in [6.45, 7) is 3.94. The molecule has 0 spiro atoms. The highest BCUT2D eigenvalue weighted by Gasteiger charge is 2.23. The molecule has 0 aromatic rings. The quantitative estimate of drug-likeness (QED) is 0.646. The fraction of sp³-hybridized carbons (Fsp3) is 1.00. The average Bonchev–Trinajstić information content (AvgIpc) is 1.83. The van der Waals surface area contributed by atoms with Crippen LogP contribution in [-0.4, -0.2) is 45.6 Å². The number of nitrogens with zero attached hydrogens (tertiary/aromatic N) is 1. The molecule has 0 saturated carbocycles. The summed E-state index contributed by atoms with van der Waals surface area (Å²) in [6, 6.07) is 0. The molecule has 0 radical (unpaired) electrons. The van der Waals surface area contributed by atoms with E-state index in [1.807, 2.05) is 0 Å². The highest BCUT2D eigenvalue weighted by atomic mass is 32.3. The molecule has 0 aliphatic rings. The lowest BCUT2D eigenvalue weighted by Gasteiger charge is -2.17. The number of sulfone groups is 1. The summed E-state index contributed by atoms with van der Waals surface area (Å²) in [4.78, 5) is 0. The van der Waals surface area contributed by atoms with Gasteiger partial charge in [-0.2, -0.15) is 0 Å². The van der Waals surface area contributed by atoms with Gasteiger partial charge >= 0.3 is 0 Å². The van der Waals surface area contributed by atoms with Gasteiger partial charge in [0.15, 0.2) is 14.9 Å². The molecule has 0 fully saturated rings. The van der Waals surface area contributed by atoms with Gasteiger partial charge in [-0.1, -0.05) is 13.8 Å². The van der Waals surface area contributed by atoms with E-state index in [1.165, 1.54) is 0 Å². The van der Waals surface area contributed by atoms with E-state index in [-0.39, 0.29) is 0 Å². The van der Waals surface area contributed by atoms with E-state index in [4.69, 9.17) is 0 Å². The molecular weight excluding hydrogens is 214 g/mol. The maximum atomic E-state index is 11.4. The monoisotopic (exact) mass is 229 g/mol. The number of hydrogen-bond donors (Lipinski definition) is 0. The van der Waals surface area contributed by atoms with Crippen molar-refractivity contribution in [1.82, 2.24) is 4.31 Å². The molecule has 0 aromatic carbocycles. The normalized spacial score (nSPS) is 13.5. The van der Waals surface area contributed by atoms with Crippen LogP contribution in [0.25, 0.3) is 0 Å². The third kappa shape index (κ3) is 4.58. The summed E-state index contributed by atoms with van der Waals surface area (Å²) >= 11 is 0. The molecule has 0 N–H and O–H groups in total. The predicted molar refractivity (Wildman–Crippen MR) is 51.6 cm³/mol. The molecule has 5 nitrogen and oxygen atoms in total. The van der Waals surface area contributed by atoms with Crippen LogP contribution in [0.1, 0.15) is 13.8 Å². The van der Waals surface area contributed by atoms with Gasteiger partial charge in [0.1, 0.15) is 0 Å². The number of sulfonamides is 1. The molecule has 0 rings (SSSR count). The zero-order chi connectivity index (χ0) is 10.7. The molecule has 0 amide bonds. The van der Waals surface area contributed by atoms with Crippen molar-refractivity contribution in [3.8, 4) is 0 Å². The Hall–Kier alpha value is -0.140. The summed E-state index contributed by atoms with van der Waals surface area (Å²) < 4.78 is 45.4. The van der Waals surface area contributed by atoms with Gasteiger partial charge in [0.2, 0.25) is 10.0 Å². The second-order valence-corrected chi connectivity index (χ2v) is 7.21. The molecule has 0 aliphatic carbocycles. The molecule has 0 atom stereocenters. The van der Waals surface area contributed by atoms with Gasteiger partial charge in [-0.15, -0.1) is 0 Å². The molecule has 0 saturated heterocycles. The molecule has 0 heterocycles. The molecule has 0 aliphatic heterocycles. The second-order valence-electron chi connectivity index (χ2n) is 2.74. The molecule has 0 bridgehead atoms. The van der Waals surface area contributed by atoms with Crippen molar-refractivity contribution in [1.29, 1.82) is 0 Å². The first-order chi connectivity index (χ1) is 5.73. The maximum Gasteiger partial charge on any atom is 0.228 e. The van der Waals surface area contributed by atoms with Crippen LogP contribution in [0.15, 0.2) is 0 Å². The fourth-order valence-corrected chi connectivity index (χ4v) is 4.51. The minimum absolute atomic E-state index is 0.300. The Kier molecular flexibility index (Phi) is 4.34. The second kappa shape index (κ2) is 4.39. The standard InChI is InChI=1S/C6H15NO4S2/c1-4-7(5-2)13(10,11)6-12(3,8)9/h4-6H2,1-3H3. The van der Waals surface area contributed by atoms with E-state index in [0.717, 1.165) is 10.6 Å². The van der Waals surface area contributed by atoms with Crippen LogP contribution in [0.2, 0.25) is 0 Å². The number of rotatable bonds is 5. The largest absolute Gasteiger partial charge is 0.228 e. The SMILES string of the molecule is CCN(CC)S(=O)(=O)CS(C)(=O)=O. The summed E-state index contributed by atoms with van der Waals surface area (Å²) in [5, 5.41) is -0.804. The highest BCUT2D eigenvalue weighted by Crippen LogP contribution is 2.03. The molecule has 0 unspecified atom stereocenters. The van der Waals surface area contributed by atoms with Crippen LogP contribution in [0.3, 0.4) is 0 Å².